The van der Waals surface area contributed by atoms with Gasteiger partial charge in [-0.25, -0.2) is 0 Å². The van der Waals surface area contributed by atoms with E-state index in [0.29, 0.717) is 18.8 Å². The molecule has 24 heavy (non-hydrogen) atoms. The third kappa shape index (κ3) is 3.33. The van der Waals surface area contributed by atoms with Crippen LogP contribution in [-0.4, -0.2) is 64.4 Å². The van der Waals surface area contributed by atoms with Gasteiger partial charge in [0.25, 0.3) is 10.2 Å². The Balaban J connectivity index is 1.77. The van der Waals surface area contributed by atoms with Crippen LogP contribution < -0.4 is 0 Å². The highest BCUT2D eigenvalue weighted by atomic mass is 32.2. The molecule has 0 amide bonds. The first-order chi connectivity index (χ1) is 11.4. The highest BCUT2D eigenvalue weighted by molar-refractivity contribution is 7.86. The van der Waals surface area contributed by atoms with Crippen molar-refractivity contribution in [2.45, 2.75) is 25.7 Å². The molecule has 0 bridgehead atoms. The maximum atomic E-state index is 12.3. The van der Waals surface area contributed by atoms with E-state index in [1.165, 1.54) is 8.61 Å². The Hall–Kier alpha value is -1.84. The first-order valence-electron chi connectivity index (χ1n) is 7.90. The molecule has 0 saturated carbocycles. The molecule has 2 aromatic heterocycles. The Bertz CT molecular complexity index is 800. The molecule has 130 valence electrons. The predicted octanol–water partition coefficient (Wildman–Crippen LogP) is 1.16. The molecule has 1 N–H and O–H groups in total. The van der Waals surface area contributed by atoms with Gasteiger partial charge in [0, 0.05) is 45.0 Å². The molecule has 1 fully saturated rings. The molecule has 0 aromatic carbocycles. The highest BCUT2D eigenvalue weighted by Gasteiger charge is 2.31. The molecular formula is C15H22N6O2S. The Morgan fingerprint density at radius 1 is 1.25 bits per heavy atom. The van der Waals surface area contributed by atoms with Crippen molar-refractivity contribution in [1.29, 1.82) is 0 Å². The molecule has 3 heterocycles. The highest BCUT2D eigenvalue weighted by Crippen LogP contribution is 2.27. The van der Waals surface area contributed by atoms with Gasteiger partial charge in [0.2, 0.25) is 0 Å². The molecule has 8 nitrogen and oxygen atoms in total. The standard InChI is InChI=1S/C15H22N6O2S/c1-11-7-13(19-18-11)15-9-16-14(8-17-15)12-5-4-6-21(10-12)24(22,23)20(2)3/h7-9,12H,4-6,10H2,1-3H3,(H,18,19). The number of H-pyrrole nitrogens is 1. The first-order valence-corrected chi connectivity index (χ1v) is 9.29. The van der Waals surface area contributed by atoms with Crippen molar-refractivity contribution >= 4 is 10.2 Å². The van der Waals surface area contributed by atoms with Gasteiger partial charge in [-0.2, -0.15) is 22.1 Å². The van der Waals surface area contributed by atoms with Crippen molar-refractivity contribution < 1.29 is 8.42 Å². The zero-order chi connectivity index (χ0) is 17.3. The molecule has 1 unspecified atom stereocenters. The summed E-state index contributed by atoms with van der Waals surface area (Å²) in [5, 5.41) is 7.05. The zero-order valence-electron chi connectivity index (χ0n) is 14.1. The summed E-state index contributed by atoms with van der Waals surface area (Å²) < 4.78 is 27.4. The van der Waals surface area contributed by atoms with Crippen LogP contribution in [0, 0.1) is 6.92 Å². The summed E-state index contributed by atoms with van der Waals surface area (Å²) in [7, 11) is -0.275. The minimum absolute atomic E-state index is 0.0657. The van der Waals surface area contributed by atoms with Crippen LogP contribution in [0.3, 0.4) is 0 Å². The molecular weight excluding hydrogens is 328 g/mol. The maximum Gasteiger partial charge on any atom is 0.281 e. The number of aryl methyl sites for hydroxylation is 1. The van der Waals surface area contributed by atoms with E-state index in [0.717, 1.165) is 29.9 Å². The molecule has 0 aliphatic carbocycles. The average Bonchev–Trinajstić information content (AvgIpc) is 3.01. The summed E-state index contributed by atoms with van der Waals surface area (Å²) in [4.78, 5) is 8.93. The number of nitrogens with zero attached hydrogens (tertiary/aromatic N) is 5. The van der Waals surface area contributed by atoms with E-state index in [1.807, 2.05) is 13.0 Å². The largest absolute Gasteiger partial charge is 0.282 e. The van der Waals surface area contributed by atoms with Crippen LogP contribution in [0.25, 0.3) is 11.4 Å². The lowest BCUT2D eigenvalue weighted by molar-refractivity contribution is 0.296. The predicted molar refractivity (Wildman–Crippen MR) is 90.5 cm³/mol. The molecule has 1 saturated heterocycles. The monoisotopic (exact) mass is 350 g/mol. The van der Waals surface area contributed by atoms with Crippen LogP contribution >= 0.6 is 0 Å². The van der Waals surface area contributed by atoms with E-state index in [1.54, 1.807) is 26.5 Å². The summed E-state index contributed by atoms with van der Waals surface area (Å²) in [6.07, 6.45) is 5.16. The fourth-order valence-corrected chi connectivity index (χ4v) is 4.04. The lowest BCUT2D eigenvalue weighted by atomic mass is 9.96. The van der Waals surface area contributed by atoms with Gasteiger partial charge in [-0.05, 0) is 25.8 Å². The number of hydrogen-bond acceptors (Lipinski definition) is 5. The molecule has 0 spiro atoms. The van der Waals surface area contributed by atoms with E-state index in [2.05, 4.69) is 20.2 Å². The second-order valence-corrected chi connectivity index (χ2v) is 8.39. The topological polar surface area (TPSA) is 95.1 Å². The second-order valence-electron chi connectivity index (χ2n) is 6.25. The van der Waals surface area contributed by atoms with Crippen molar-refractivity contribution in [3.63, 3.8) is 0 Å². The summed E-state index contributed by atoms with van der Waals surface area (Å²) in [6.45, 7) is 2.92. The van der Waals surface area contributed by atoms with Crippen LogP contribution in [0.4, 0.5) is 0 Å². The first kappa shape index (κ1) is 17.0. The maximum absolute atomic E-state index is 12.3. The van der Waals surface area contributed by atoms with Gasteiger partial charge < -0.3 is 0 Å². The number of rotatable bonds is 4. The minimum Gasteiger partial charge on any atom is -0.282 e. The Kier molecular flexibility index (Phi) is 4.66. The molecule has 9 heteroatoms. The lowest BCUT2D eigenvalue weighted by Gasteiger charge is -2.33. The molecule has 0 radical (unpaired) electrons. The van der Waals surface area contributed by atoms with Crippen LogP contribution in [0.5, 0.6) is 0 Å². The van der Waals surface area contributed by atoms with Crippen LogP contribution in [-0.2, 0) is 10.2 Å². The van der Waals surface area contributed by atoms with E-state index >= 15 is 0 Å². The fourth-order valence-electron chi connectivity index (χ4n) is 2.85. The molecule has 3 rings (SSSR count). The second kappa shape index (κ2) is 6.58. The average molecular weight is 350 g/mol. The van der Waals surface area contributed by atoms with Crippen molar-refractivity contribution in [2.24, 2.45) is 0 Å². The Morgan fingerprint density at radius 3 is 2.62 bits per heavy atom. The number of nitrogens with one attached hydrogen (secondary N) is 1. The molecule has 1 atom stereocenters. The fraction of sp³-hybridized carbons (Fsp3) is 0.533. The van der Waals surface area contributed by atoms with E-state index in [4.69, 9.17) is 0 Å². The van der Waals surface area contributed by atoms with E-state index in [9.17, 15) is 8.42 Å². The van der Waals surface area contributed by atoms with Gasteiger partial charge in [-0.1, -0.05) is 0 Å². The zero-order valence-corrected chi connectivity index (χ0v) is 14.9. The third-order valence-corrected chi connectivity index (χ3v) is 6.14. The van der Waals surface area contributed by atoms with Gasteiger partial charge in [-0.15, -0.1) is 0 Å². The molecule has 1 aliphatic heterocycles. The Morgan fingerprint density at radius 2 is 2.04 bits per heavy atom. The summed E-state index contributed by atoms with van der Waals surface area (Å²) in [5.41, 5.74) is 3.25. The van der Waals surface area contributed by atoms with Gasteiger partial charge in [0.15, 0.2) is 0 Å². The van der Waals surface area contributed by atoms with E-state index < -0.39 is 10.2 Å². The van der Waals surface area contributed by atoms with Gasteiger partial charge in [0.1, 0.15) is 11.4 Å². The van der Waals surface area contributed by atoms with Gasteiger partial charge >= 0.3 is 0 Å². The minimum atomic E-state index is -3.38. The lowest BCUT2D eigenvalue weighted by Crippen LogP contribution is -2.45. The Labute approximate surface area is 142 Å². The normalized spacial score (nSPS) is 19.8. The smallest absolute Gasteiger partial charge is 0.281 e. The van der Waals surface area contributed by atoms with Crippen molar-refractivity contribution in [3.05, 3.63) is 29.8 Å². The quantitative estimate of drug-likeness (QED) is 0.893. The van der Waals surface area contributed by atoms with Crippen LogP contribution in [0.1, 0.15) is 30.1 Å². The van der Waals surface area contributed by atoms with Gasteiger partial charge in [0.05, 0.1) is 11.9 Å². The number of aromatic amines is 1. The third-order valence-electron chi connectivity index (χ3n) is 4.23. The number of hydrogen-bond donors (Lipinski definition) is 1. The van der Waals surface area contributed by atoms with Crippen LogP contribution in [0.15, 0.2) is 18.5 Å². The molecule has 2 aromatic rings. The number of piperidine rings is 1. The SMILES string of the molecule is Cc1cc(-c2cnc(C3CCCN(S(=O)(=O)N(C)C)C3)cn2)n[nH]1. The van der Waals surface area contributed by atoms with Gasteiger partial charge in [-0.3, -0.25) is 15.1 Å². The van der Waals surface area contributed by atoms with Crippen LogP contribution in [0.2, 0.25) is 0 Å². The van der Waals surface area contributed by atoms with E-state index in [-0.39, 0.29) is 5.92 Å². The molecule has 1 aliphatic rings. The number of aromatic nitrogens is 4. The summed E-state index contributed by atoms with van der Waals surface area (Å²) in [5.74, 6) is 0.0657. The van der Waals surface area contributed by atoms with Crippen molar-refractivity contribution in [1.82, 2.24) is 28.8 Å². The van der Waals surface area contributed by atoms with Crippen molar-refractivity contribution in [3.8, 4) is 11.4 Å². The summed E-state index contributed by atoms with van der Waals surface area (Å²) >= 11 is 0. The van der Waals surface area contributed by atoms with Crippen molar-refractivity contribution in [2.75, 3.05) is 27.2 Å². The summed E-state index contributed by atoms with van der Waals surface area (Å²) in [6, 6.07) is 1.91.